The van der Waals surface area contributed by atoms with Gasteiger partial charge in [0.2, 0.25) is 10.0 Å². The van der Waals surface area contributed by atoms with E-state index in [4.69, 9.17) is 4.74 Å². The van der Waals surface area contributed by atoms with Crippen LogP contribution in [0.15, 0.2) is 24.3 Å². The maximum atomic E-state index is 13.2. The normalized spacial score (nSPS) is 16.7. The largest absolute Gasteiger partial charge is 0.444 e. The first-order valence-electron chi connectivity index (χ1n) is 8.26. The SMILES string of the molecule is CC(C)(C)OC(=O)N1CCC(NS(=O)(=O)Cc2cccc(F)c2)CC1. The molecule has 1 N–H and O–H groups in total. The Bertz CT molecular complexity index is 708. The summed E-state index contributed by atoms with van der Waals surface area (Å²) in [5.74, 6) is -0.727. The van der Waals surface area contributed by atoms with E-state index in [0.717, 1.165) is 0 Å². The van der Waals surface area contributed by atoms with Crippen LogP contribution in [0.4, 0.5) is 9.18 Å². The molecule has 0 atom stereocenters. The number of benzene rings is 1. The minimum atomic E-state index is -3.57. The predicted molar refractivity (Wildman–Crippen MR) is 93.0 cm³/mol. The summed E-state index contributed by atoms with van der Waals surface area (Å²) in [6, 6.07) is 5.31. The third kappa shape index (κ3) is 6.62. The van der Waals surface area contributed by atoms with Crippen molar-refractivity contribution in [1.82, 2.24) is 9.62 Å². The van der Waals surface area contributed by atoms with E-state index >= 15 is 0 Å². The third-order valence-corrected chi connectivity index (χ3v) is 5.14. The molecule has 0 aromatic heterocycles. The number of carbonyl (C=O) groups excluding carboxylic acids is 1. The van der Waals surface area contributed by atoms with E-state index in [1.165, 1.54) is 18.2 Å². The molecule has 0 radical (unpaired) electrons. The van der Waals surface area contributed by atoms with Gasteiger partial charge in [-0.1, -0.05) is 12.1 Å². The van der Waals surface area contributed by atoms with Crippen LogP contribution in [0.3, 0.4) is 0 Å². The third-order valence-electron chi connectivity index (χ3n) is 3.74. The number of piperidine rings is 1. The second-order valence-electron chi connectivity index (χ2n) is 7.25. The first kappa shape index (κ1) is 19.7. The number of nitrogens with one attached hydrogen (secondary N) is 1. The Labute approximate surface area is 148 Å². The van der Waals surface area contributed by atoms with Crippen LogP contribution in [0.1, 0.15) is 39.2 Å². The fraction of sp³-hybridized carbons (Fsp3) is 0.588. The number of rotatable bonds is 4. The summed E-state index contributed by atoms with van der Waals surface area (Å²) in [7, 11) is -3.57. The number of nitrogens with zero attached hydrogens (tertiary/aromatic N) is 1. The Hall–Kier alpha value is -1.67. The van der Waals surface area contributed by atoms with Crippen molar-refractivity contribution in [2.75, 3.05) is 13.1 Å². The number of carbonyl (C=O) groups is 1. The van der Waals surface area contributed by atoms with Crippen LogP contribution in [0.25, 0.3) is 0 Å². The van der Waals surface area contributed by atoms with E-state index in [0.29, 0.717) is 31.5 Å². The molecule has 0 spiro atoms. The monoisotopic (exact) mass is 372 g/mol. The zero-order valence-corrected chi connectivity index (χ0v) is 15.6. The van der Waals surface area contributed by atoms with Crippen LogP contribution >= 0.6 is 0 Å². The van der Waals surface area contributed by atoms with Crippen molar-refractivity contribution < 1.29 is 22.3 Å². The molecule has 1 fully saturated rings. The quantitative estimate of drug-likeness (QED) is 0.882. The molecule has 0 bridgehead atoms. The summed E-state index contributed by atoms with van der Waals surface area (Å²) in [4.78, 5) is 13.6. The van der Waals surface area contributed by atoms with Gasteiger partial charge in [-0.25, -0.2) is 22.3 Å². The van der Waals surface area contributed by atoms with Crippen LogP contribution in [0, 0.1) is 5.82 Å². The smallest absolute Gasteiger partial charge is 0.410 e. The number of likely N-dealkylation sites (tertiary alicyclic amines) is 1. The molecular formula is C17H25FN2O4S. The molecule has 1 aromatic carbocycles. The van der Waals surface area contributed by atoms with Gasteiger partial charge in [-0.05, 0) is 51.3 Å². The summed E-state index contributed by atoms with van der Waals surface area (Å²) in [5.41, 5.74) is -0.154. The highest BCUT2D eigenvalue weighted by Crippen LogP contribution is 2.17. The highest BCUT2D eigenvalue weighted by Gasteiger charge is 2.28. The van der Waals surface area contributed by atoms with Crippen LogP contribution < -0.4 is 4.72 Å². The lowest BCUT2D eigenvalue weighted by Crippen LogP contribution is -2.47. The van der Waals surface area contributed by atoms with Crippen molar-refractivity contribution in [2.24, 2.45) is 0 Å². The molecule has 1 amide bonds. The number of halogens is 1. The summed E-state index contributed by atoms with van der Waals surface area (Å²) >= 11 is 0. The first-order chi connectivity index (χ1) is 11.5. The molecule has 1 aromatic rings. The number of ether oxygens (including phenoxy) is 1. The summed E-state index contributed by atoms with van der Waals surface area (Å²) in [6.45, 7) is 6.28. The van der Waals surface area contributed by atoms with Gasteiger partial charge in [0.05, 0.1) is 5.75 Å². The van der Waals surface area contributed by atoms with Gasteiger partial charge in [0.25, 0.3) is 0 Å². The van der Waals surface area contributed by atoms with Crippen molar-refractivity contribution in [3.63, 3.8) is 0 Å². The Balaban J connectivity index is 1.85. The lowest BCUT2D eigenvalue weighted by molar-refractivity contribution is 0.0203. The molecule has 0 saturated carbocycles. The average Bonchev–Trinajstić information content (AvgIpc) is 2.45. The fourth-order valence-corrected chi connectivity index (χ4v) is 4.09. The van der Waals surface area contributed by atoms with Gasteiger partial charge in [0, 0.05) is 19.1 Å². The van der Waals surface area contributed by atoms with Gasteiger partial charge in [-0.3, -0.25) is 0 Å². The van der Waals surface area contributed by atoms with Crippen LogP contribution in [-0.2, 0) is 20.5 Å². The average molecular weight is 372 g/mol. The summed E-state index contributed by atoms with van der Waals surface area (Å²) in [5, 5.41) is 0. The lowest BCUT2D eigenvalue weighted by Gasteiger charge is -2.33. The van der Waals surface area contributed by atoms with E-state index < -0.39 is 21.4 Å². The van der Waals surface area contributed by atoms with Gasteiger partial charge in [-0.2, -0.15) is 0 Å². The van der Waals surface area contributed by atoms with Crippen LogP contribution in [0.5, 0.6) is 0 Å². The Kier molecular flexibility index (Phi) is 6.05. The zero-order valence-electron chi connectivity index (χ0n) is 14.8. The van der Waals surface area contributed by atoms with Crippen molar-refractivity contribution >= 4 is 16.1 Å². The minimum Gasteiger partial charge on any atom is -0.444 e. The van der Waals surface area contributed by atoms with Gasteiger partial charge >= 0.3 is 6.09 Å². The molecule has 8 heteroatoms. The molecular weight excluding hydrogens is 347 g/mol. The molecule has 0 unspecified atom stereocenters. The van der Waals surface area contributed by atoms with E-state index in [1.54, 1.807) is 31.7 Å². The molecule has 140 valence electrons. The van der Waals surface area contributed by atoms with Crippen molar-refractivity contribution in [1.29, 1.82) is 0 Å². The second-order valence-corrected chi connectivity index (χ2v) is 9.00. The van der Waals surface area contributed by atoms with Crippen molar-refractivity contribution in [2.45, 2.75) is 51.0 Å². The summed E-state index contributed by atoms with van der Waals surface area (Å²) < 4.78 is 45.6. The standard InChI is InChI=1S/C17H25FN2O4S/c1-17(2,3)24-16(21)20-9-7-15(8-10-20)19-25(22,23)12-13-5-4-6-14(18)11-13/h4-6,11,15,19H,7-10,12H2,1-3H3. The van der Waals surface area contributed by atoms with Gasteiger partial charge in [0.15, 0.2) is 0 Å². The Morgan fingerprint density at radius 3 is 2.52 bits per heavy atom. The summed E-state index contributed by atoms with van der Waals surface area (Å²) in [6.07, 6.45) is 0.650. The van der Waals surface area contributed by atoms with E-state index in [9.17, 15) is 17.6 Å². The minimum absolute atomic E-state index is 0.239. The Morgan fingerprint density at radius 1 is 1.32 bits per heavy atom. The number of amides is 1. The fourth-order valence-electron chi connectivity index (χ4n) is 2.65. The molecule has 1 aliphatic heterocycles. The zero-order chi connectivity index (χ0) is 18.7. The molecule has 1 saturated heterocycles. The maximum Gasteiger partial charge on any atom is 0.410 e. The number of hydrogen-bond acceptors (Lipinski definition) is 4. The van der Waals surface area contributed by atoms with Crippen molar-refractivity contribution in [3.8, 4) is 0 Å². The van der Waals surface area contributed by atoms with Crippen LogP contribution in [-0.4, -0.2) is 44.1 Å². The van der Waals surface area contributed by atoms with Crippen molar-refractivity contribution in [3.05, 3.63) is 35.6 Å². The molecule has 25 heavy (non-hydrogen) atoms. The molecule has 6 nitrogen and oxygen atoms in total. The second kappa shape index (κ2) is 7.70. The Morgan fingerprint density at radius 2 is 1.96 bits per heavy atom. The van der Waals surface area contributed by atoms with E-state index in [2.05, 4.69) is 4.72 Å². The van der Waals surface area contributed by atoms with Gasteiger partial charge in [0.1, 0.15) is 11.4 Å². The lowest BCUT2D eigenvalue weighted by atomic mass is 10.1. The highest BCUT2D eigenvalue weighted by atomic mass is 32.2. The predicted octanol–water partition coefficient (Wildman–Crippen LogP) is 2.64. The maximum absolute atomic E-state index is 13.2. The molecule has 2 rings (SSSR count). The highest BCUT2D eigenvalue weighted by molar-refractivity contribution is 7.88. The first-order valence-corrected chi connectivity index (χ1v) is 9.92. The molecule has 0 aliphatic carbocycles. The molecule has 1 heterocycles. The van der Waals surface area contributed by atoms with Crippen LogP contribution in [0.2, 0.25) is 0 Å². The number of hydrogen-bond donors (Lipinski definition) is 1. The number of sulfonamides is 1. The topological polar surface area (TPSA) is 75.7 Å². The van der Waals surface area contributed by atoms with Gasteiger partial charge in [-0.15, -0.1) is 0 Å². The van der Waals surface area contributed by atoms with E-state index in [1.807, 2.05) is 0 Å². The van der Waals surface area contributed by atoms with E-state index in [-0.39, 0.29) is 17.9 Å². The molecule has 1 aliphatic rings. The van der Waals surface area contributed by atoms with Gasteiger partial charge < -0.3 is 9.64 Å².